The number of aromatic nitrogens is 2. The molecule has 2 aromatic carbocycles. The van der Waals surface area contributed by atoms with Crippen LogP contribution in [-0.2, 0) is 11.2 Å². The molecular formula is C27H31FN6O3. The van der Waals surface area contributed by atoms with E-state index in [2.05, 4.69) is 23.0 Å². The smallest absolute Gasteiger partial charge is 0.228 e. The summed E-state index contributed by atoms with van der Waals surface area (Å²) in [5, 5.41) is 9.30. The van der Waals surface area contributed by atoms with E-state index in [4.69, 9.17) is 20.5 Å². The second-order valence-corrected chi connectivity index (χ2v) is 9.02. The number of fused-ring (bicyclic) bond motifs is 1. The van der Waals surface area contributed by atoms with Crippen LogP contribution in [0.2, 0.25) is 0 Å². The molecule has 37 heavy (non-hydrogen) atoms. The maximum atomic E-state index is 15.3. The van der Waals surface area contributed by atoms with Gasteiger partial charge in [-0.2, -0.15) is 10.2 Å². The van der Waals surface area contributed by atoms with E-state index < -0.39 is 5.82 Å². The number of methoxy groups -OCH3 is 2. The first kappa shape index (κ1) is 25.9. The number of benzene rings is 2. The van der Waals surface area contributed by atoms with E-state index in [-0.39, 0.29) is 34.8 Å². The van der Waals surface area contributed by atoms with Crippen molar-refractivity contribution in [1.82, 2.24) is 14.9 Å². The molecule has 0 saturated carbocycles. The Bertz CT molecular complexity index is 1320. The van der Waals surface area contributed by atoms with Crippen LogP contribution in [0.1, 0.15) is 37.3 Å². The molecule has 2 heterocycles. The van der Waals surface area contributed by atoms with E-state index in [1.54, 1.807) is 18.2 Å². The highest BCUT2D eigenvalue weighted by molar-refractivity contribution is 5.92. The predicted octanol–water partition coefficient (Wildman–Crippen LogP) is 3.69. The average Bonchev–Trinajstić information content (AvgIpc) is 2.92. The Labute approximate surface area is 215 Å². The van der Waals surface area contributed by atoms with Crippen molar-refractivity contribution in [2.45, 2.75) is 38.6 Å². The van der Waals surface area contributed by atoms with E-state index in [0.29, 0.717) is 49.4 Å². The van der Waals surface area contributed by atoms with Gasteiger partial charge in [0.25, 0.3) is 0 Å². The van der Waals surface area contributed by atoms with Gasteiger partial charge >= 0.3 is 0 Å². The van der Waals surface area contributed by atoms with Gasteiger partial charge in [0.1, 0.15) is 11.3 Å². The van der Waals surface area contributed by atoms with Crippen molar-refractivity contribution in [3.63, 3.8) is 0 Å². The third-order valence-corrected chi connectivity index (χ3v) is 6.72. The molecule has 1 aliphatic heterocycles. The molecule has 0 aliphatic carbocycles. The van der Waals surface area contributed by atoms with Gasteiger partial charge in [-0.15, -0.1) is 0 Å². The lowest BCUT2D eigenvalue weighted by Crippen LogP contribution is -2.55. The number of hydrogen-bond acceptors (Lipinski definition) is 8. The summed E-state index contributed by atoms with van der Waals surface area (Å²) in [5.74, 6) is 0.0763. The normalized spacial score (nSPS) is 15.5. The summed E-state index contributed by atoms with van der Waals surface area (Å²) >= 11 is 0. The molecule has 1 aromatic heterocycles. The number of rotatable bonds is 8. The first-order chi connectivity index (χ1) is 17.9. The Kier molecular flexibility index (Phi) is 7.92. The molecule has 10 heteroatoms. The number of carbonyl (C=O) groups excluding carboxylic acids is 1. The van der Waals surface area contributed by atoms with E-state index in [1.165, 1.54) is 14.2 Å². The number of ether oxygens (including phenoxy) is 2. The van der Waals surface area contributed by atoms with Crippen molar-refractivity contribution < 1.29 is 18.7 Å². The molecule has 3 aromatic rings. The molecule has 1 amide bonds. The van der Waals surface area contributed by atoms with E-state index in [1.807, 2.05) is 21.9 Å². The van der Waals surface area contributed by atoms with Crippen molar-refractivity contribution in [2.75, 3.05) is 44.5 Å². The molecule has 0 radical (unpaired) electrons. The van der Waals surface area contributed by atoms with Crippen LogP contribution in [0.4, 0.5) is 16.2 Å². The summed E-state index contributed by atoms with van der Waals surface area (Å²) in [4.78, 5) is 25.9. The fraction of sp³-hybridized carbons (Fsp3) is 0.407. The highest BCUT2D eigenvalue weighted by Crippen LogP contribution is 2.38. The van der Waals surface area contributed by atoms with Gasteiger partial charge in [-0.3, -0.25) is 4.79 Å². The quantitative estimate of drug-likeness (QED) is 0.492. The molecule has 1 unspecified atom stereocenters. The van der Waals surface area contributed by atoms with E-state index >= 15 is 4.39 Å². The number of carbonyl (C=O) groups is 1. The van der Waals surface area contributed by atoms with Crippen LogP contribution in [0.5, 0.6) is 11.5 Å². The number of nitrogens with two attached hydrogens (primary N) is 1. The molecule has 4 rings (SSSR count). The van der Waals surface area contributed by atoms with Crippen LogP contribution >= 0.6 is 0 Å². The van der Waals surface area contributed by atoms with Crippen molar-refractivity contribution in [2.24, 2.45) is 0 Å². The fourth-order valence-corrected chi connectivity index (χ4v) is 4.75. The van der Waals surface area contributed by atoms with Gasteiger partial charge < -0.3 is 25.0 Å². The molecule has 194 valence electrons. The minimum atomic E-state index is -0.657. The zero-order chi connectivity index (χ0) is 26.5. The van der Waals surface area contributed by atoms with Crippen molar-refractivity contribution in [1.29, 1.82) is 5.26 Å². The summed E-state index contributed by atoms with van der Waals surface area (Å²) < 4.78 is 25.7. The van der Waals surface area contributed by atoms with Crippen molar-refractivity contribution in [3.8, 4) is 17.6 Å². The SMILES string of the molecule is CCCC1CN(C(=O)CCc2ccc(C#N)cc2)CCN1c1nc(N)c2cc(OC)c(OC)c(F)c2n1. The summed E-state index contributed by atoms with van der Waals surface area (Å²) in [6.07, 6.45) is 2.71. The highest BCUT2D eigenvalue weighted by atomic mass is 19.1. The van der Waals surface area contributed by atoms with Crippen LogP contribution < -0.4 is 20.1 Å². The Morgan fingerprint density at radius 3 is 2.62 bits per heavy atom. The first-order valence-electron chi connectivity index (χ1n) is 12.3. The Balaban J connectivity index is 1.53. The number of amides is 1. The second-order valence-electron chi connectivity index (χ2n) is 9.02. The minimum Gasteiger partial charge on any atom is -0.493 e. The second kappa shape index (κ2) is 11.3. The molecule has 2 N–H and O–H groups in total. The van der Waals surface area contributed by atoms with Crippen molar-refractivity contribution >= 4 is 28.6 Å². The van der Waals surface area contributed by atoms with Crippen molar-refractivity contribution in [3.05, 3.63) is 47.3 Å². The van der Waals surface area contributed by atoms with Crippen LogP contribution in [0, 0.1) is 17.1 Å². The molecule has 9 nitrogen and oxygen atoms in total. The Morgan fingerprint density at radius 1 is 1.22 bits per heavy atom. The van der Waals surface area contributed by atoms with Gasteiger partial charge in [0.05, 0.1) is 25.9 Å². The van der Waals surface area contributed by atoms with E-state index in [9.17, 15) is 4.79 Å². The number of nitriles is 1. The zero-order valence-corrected chi connectivity index (χ0v) is 21.3. The first-order valence-corrected chi connectivity index (χ1v) is 12.3. The molecule has 0 bridgehead atoms. The maximum absolute atomic E-state index is 15.3. The number of piperazine rings is 1. The Hall–Kier alpha value is -4.13. The number of aryl methyl sites for hydroxylation is 1. The standard InChI is InChI=1S/C27H31FN6O3/c1-4-5-19-16-33(22(35)11-10-17-6-8-18(15-29)9-7-17)12-13-34(19)27-31-24-20(26(30)32-27)14-21(36-2)25(37-3)23(24)28/h6-9,14,19H,4-5,10-13,16H2,1-3H3,(H2,30,31,32). The third kappa shape index (κ3) is 5.35. The highest BCUT2D eigenvalue weighted by Gasteiger charge is 2.31. The van der Waals surface area contributed by atoms with Crippen LogP contribution in [-0.4, -0.2) is 60.7 Å². The maximum Gasteiger partial charge on any atom is 0.228 e. The Morgan fingerprint density at radius 2 is 1.97 bits per heavy atom. The van der Waals surface area contributed by atoms with Crippen LogP contribution in [0.25, 0.3) is 10.9 Å². The topological polar surface area (TPSA) is 118 Å². The number of halogens is 1. The van der Waals surface area contributed by atoms with Gasteiger partial charge in [0, 0.05) is 37.5 Å². The molecule has 0 spiro atoms. The summed E-state index contributed by atoms with van der Waals surface area (Å²) in [7, 11) is 2.79. The van der Waals surface area contributed by atoms with Crippen LogP contribution in [0.15, 0.2) is 30.3 Å². The third-order valence-electron chi connectivity index (χ3n) is 6.72. The molecule has 1 fully saturated rings. The van der Waals surface area contributed by atoms with E-state index in [0.717, 1.165) is 18.4 Å². The molecule has 1 aliphatic rings. The number of hydrogen-bond donors (Lipinski definition) is 1. The van der Waals surface area contributed by atoms with Crippen LogP contribution in [0.3, 0.4) is 0 Å². The lowest BCUT2D eigenvalue weighted by atomic mass is 10.0. The summed E-state index contributed by atoms with van der Waals surface area (Å²) in [6.45, 7) is 3.61. The molecule has 1 atom stereocenters. The molecular weight excluding hydrogens is 475 g/mol. The fourth-order valence-electron chi connectivity index (χ4n) is 4.75. The minimum absolute atomic E-state index is 0.0299. The van der Waals surface area contributed by atoms with Gasteiger partial charge in [0.2, 0.25) is 11.9 Å². The molecule has 1 saturated heterocycles. The predicted molar refractivity (Wildman–Crippen MR) is 139 cm³/mol. The summed E-state index contributed by atoms with van der Waals surface area (Å²) in [5.41, 5.74) is 7.92. The van der Waals surface area contributed by atoms with Gasteiger partial charge in [-0.05, 0) is 36.6 Å². The average molecular weight is 507 g/mol. The lowest BCUT2D eigenvalue weighted by molar-refractivity contribution is -0.132. The monoisotopic (exact) mass is 506 g/mol. The zero-order valence-electron chi connectivity index (χ0n) is 21.3. The number of nitrogen functional groups attached to an aromatic ring is 1. The summed E-state index contributed by atoms with van der Waals surface area (Å²) in [6, 6.07) is 10.9. The number of anilines is 2. The van der Waals surface area contributed by atoms with Gasteiger partial charge in [-0.1, -0.05) is 25.5 Å². The van der Waals surface area contributed by atoms with Gasteiger partial charge in [0.15, 0.2) is 17.3 Å². The lowest BCUT2D eigenvalue weighted by Gasteiger charge is -2.41. The largest absolute Gasteiger partial charge is 0.493 e. The van der Waals surface area contributed by atoms with Gasteiger partial charge in [-0.25, -0.2) is 9.37 Å². The number of nitrogens with zero attached hydrogens (tertiary/aromatic N) is 5.